The molecule has 0 aromatic heterocycles. The SMILES string of the molecule is CCCNC1CCCC(Oc2cccc(N(C)C)c2)C1. The first-order valence-corrected chi connectivity index (χ1v) is 7.86. The van der Waals surface area contributed by atoms with Crippen LogP contribution in [-0.2, 0) is 0 Å². The van der Waals surface area contributed by atoms with E-state index in [-0.39, 0.29) is 0 Å². The van der Waals surface area contributed by atoms with Crippen molar-refractivity contribution in [1.82, 2.24) is 5.32 Å². The van der Waals surface area contributed by atoms with Crippen LogP contribution in [-0.4, -0.2) is 32.8 Å². The van der Waals surface area contributed by atoms with Crippen molar-refractivity contribution in [3.63, 3.8) is 0 Å². The second kappa shape index (κ2) is 7.53. The lowest BCUT2D eigenvalue weighted by Gasteiger charge is -2.30. The Labute approximate surface area is 123 Å². The van der Waals surface area contributed by atoms with Crippen molar-refractivity contribution in [1.29, 1.82) is 0 Å². The molecule has 3 nitrogen and oxygen atoms in total. The molecule has 20 heavy (non-hydrogen) atoms. The van der Waals surface area contributed by atoms with Crippen molar-refractivity contribution >= 4 is 5.69 Å². The van der Waals surface area contributed by atoms with Crippen molar-refractivity contribution in [2.45, 2.75) is 51.2 Å². The van der Waals surface area contributed by atoms with Crippen LogP contribution in [0.5, 0.6) is 5.75 Å². The molecule has 3 heteroatoms. The Hall–Kier alpha value is -1.22. The van der Waals surface area contributed by atoms with E-state index in [1.807, 2.05) is 0 Å². The van der Waals surface area contributed by atoms with Crippen LogP contribution in [0.2, 0.25) is 0 Å². The van der Waals surface area contributed by atoms with Gasteiger partial charge in [-0.25, -0.2) is 0 Å². The van der Waals surface area contributed by atoms with E-state index in [4.69, 9.17) is 4.74 Å². The molecule has 1 saturated carbocycles. The summed E-state index contributed by atoms with van der Waals surface area (Å²) in [5, 5.41) is 3.63. The minimum absolute atomic E-state index is 0.357. The summed E-state index contributed by atoms with van der Waals surface area (Å²) in [6.07, 6.45) is 6.42. The predicted molar refractivity (Wildman–Crippen MR) is 85.7 cm³/mol. The first-order valence-electron chi connectivity index (χ1n) is 7.86. The zero-order chi connectivity index (χ0) is 14.4. The van der Waals surface area contributed by atoms with Crippen LogP contribution in [0.15, 0.2) is 24.3 Å². The van der Waals surface area contributed by atoms with Gasteiger partial charge in [-0.2, -0.15) is 0 Å². The summed E-state index contributed by atoms with van der Waals surface area (Å²) in [7, 11) is 4.12. The number of rotatable bonds is 6. The molecule has 1 aromatic carbocycles. The van der Waals surface area contributed by atoms with Gasteiger partial charge in [0.1, 0.15) is 11.9 Å². The zero-order valence-electron chi connectivity index (χ0n) is 13.1. The average molecular weight is 276 g/mol. The van der Waals surface area contributed by atoms with Crippen LogP contribution in [0.3, 0.4) is 0 Å². The molecule has 1 aliphatic rings. The summed E-state index contributed by atoms with van der Waals surface area (Å²) in [5.41, 5.74) is 1.19. The van der Waals surface area contributed by atoms with Crippen LogP contribution in [0.25, 0.3) is 0 Å². The summed E-state index contributed by atoms with van der Waals surface area (Å²) in [6, 6.07) is 9.00. The van der Waals surface area contributed by atoms with Gasteiger partial charge in [0, 0.05) is 31.9 Å². The molecule has 2 rings (SSSR count). The maximum atomic E-state index is 6.19. The Balaban J connectivity index is 1.90. The summed E-state index contributed by atoms with van der Waals surface area (Å²) in [4.78, 5) is 2.11. The molecule has 1 aromatic rings. The Bertz CT molecular complexity index is 406. The van der Waals surface area contributed by atoms with E-state index in [0.717, 1.165) is 18.7 Å². The number of benzene rings is 1. The lowest BCUT2D eigenvalue weighted by Crippen LogP contribution is -2.38. The molecule has 1 aliphatic carbocycles. The van der Waals surface area contributed by atoms with E-state index in [1.165, 1.54) is 31.4 Å². The molecule has 0 aliphatic heterocycles. The normalized spacial score (nSPS) is 22.6. The molecule has 0 bridgehead atoms. The molecule has 112 valence electrons. The largest absolute Gasteiger partial charge is 0.490 e. The van der Waals surface area contributed by atoms with Crippen LogP contribution >= 0.6 is 0 Å². The molecule has 1 fully saturated rings. The fraction of sp³-hybridized carbons (Fsp3) is 0.647. The van der Waals surface area contributed by atoms with Gasteiger partial charge in [-0.15, -0.1) is 0 Å². The quantitative estimate of drug-likeness (QED) is 0.861. The third-order valence-electron chi connectivity index (χ3n) is 3.95. The number of anilines is 1. The number of hydrogen-bond donors (Lipinski definition) is 1. The fourth-order valence-corrected chi connectivity index (χ4v) is 2.81. The molecule has 0 radical (unpaired) electrons. The third-order valence-corrected chi connectivity index (χ3v) is 3.95. The number of nitrogens with zero attached hydrogens (tertiary/aromatic N) is 1. The fourth-order valence-electron chi connectivity index (χ4n) is 2.81. The van der Waals surface area contributed by atoms with Crippen molar-refractivity contribution < 1.29 is 4.74 Å². The smallest absolute Gasteiger partial charge is 0.121 e. The second-order valence-electron chi connectivity index (χ2n) is 5.95. The molecule has 0 heterocycles. The summed E-state index contributed by atoms with van der Waals surface area (Å²) >= 11 is 0. The van der Waals surface area contributed by atoms with E-state index in [0.29, 0.717) is 12.1 Å². The first kappa shape index (κ1) is 15.2. The maximum Gasteiger partial charge on any atom is 0.121 e. The highest BCUT2D eigenvalue weighted by atomic mass is 16.5. The second-order valence-corrected chi connectivity index (χ2v) is 5.95. The molecule has 2 unspecified atom stereocenters. The lowest BCUT2D eigenvalue weighted by molar-refractivity contribution is 0.135. The highest BCUT2D eigenvalue weighted by Crippen LogP contribution is 2.26. The summed E-state index contributed by atoms with van der Waals surface area (Å²) in [6.45, 7) is 3.34. The molecule has 2 atom stereocenters. The van der Waals surface area contributed by atoms with Gasteiger partial charge < -0.3 is 15.0 Å². The van der Waals surface area contributed by atoms with Gasteiger partial charge in [-0.1, -0.05) is 13.0 Å². The van der Waals surface area contributed by atoms with Crippen LogP contribution in [0.4, 0.5) is 5.69 Å². The minimum Gasteiger partial charge on any atom is -0.490 e. The van der Waals surface area contributed by atoms with Gasteiger partial charge in [0.15, 0.2) is 0 Å². The molecule has 0 spiro atoms. The molecule has 0 amide bonds. The molecular formula is C17H28N2O. The van der Waals surface area contributed by atoms with Crippen molar-refractivity contribution in [3.8, 4) is 5.75 Å². The van der Waals surface area contributed by atoms with Crippen molar-refractivity contribution in [3.05, 3.63) is 24.3 Å². The Morgan fingerprint density at radius 2 is 2.15 bits per heavy atom. The van der Waals surface area contributed by atoms with Gasteiger partial charge in [0.2, 0.25) is 0 Å². The Morgan fingerprint density at radius 1 is 1.30 bits per heavy atom. The third kappa shape index (κ3) is 4.41. The van der Waals surface area contributed by atoms with Crippen LogP contribution in [0.1, 0.15) is 39.0 Å². The number of ether oxygens (including phenoxy) is 1. The van der Waals surface area contributed by atoms with Crippen LogP contribution in [0, 0.1) is 0 Å². The molecule has 0 saturated heterocycles. The van der Waals surface area contributed by atoms with E-state index in [9.17, 15) is 0 Å². The molecule has 1 N–H and O–H groups in total. The van der Waals surface area contributed by atoms with E-state index in [1.54, 1.807) is 0 Å². The topological polar surface area (TPSA) is 24.5 Å². The number of nitrogens with one attached hydrogen (secondary N) is 1. The van der Waals surface area contributed by atoms with Crippen molar-refractivity contribution in [2.24, 2.45) is 0 Å². The van der Waals surface area contributed by atoms with Gasteiger partial charge in [-0.3, -0.25) is 0 Å². The van der Waals surface area contributed by atoms with Gasteiger partial charge >= 0.3 is 0 Å². The van der Waals surface area contributed by atoms with E-state index >= 15 is 0 Å². The Morgan fingerprint density at radius 3 is 2.90 bits per heavy atom. The van der Waals surface area contributed by atoms with Gasteiger partial charge in [0.25, 0.3) is 0 Å². The van der Waals surface area contributed by atoms with E-state index in [2.05, 4.69) is 55.5 Å². The predicted octanol–water partition coefficient (Wildman–Crippen LogP) is 3.44. The maximum absolute atomic E-state index is 6.19. The highest BCUT2D eigenvalue weighted by Gasteiger charge is 2.22. The number of hydrogen-bond acceptors (Lipinski definition) is 3. The molecular weight excluding hydrogens is 248 g/mol. The minimum atomic E-state index is 0.357. The monoisotopic (exact) mass is 276 g/mol. The lowest BCUT2D eigenvalue weighted by atomic mass is 9.92. The summed E-state index contributed by atoms with van der Waals surface area (Å²) < 4.78 is 6.19. The van der Waals surface area contributed by atoms with Gasteiger partial charge in [-0.05, 0) is 50.8 Å². The first-order chi connectivity index (χ1) is 9.69. The Kier molecular flexibility index (Phi) is 5.72. The highest BCUT2D eigenvalue weighted by molar-refractivity contribution is 5.49. The summed E-state index contributed by atoms with van der Waals surface area (Å²) in [5.74, 6) is 0.998. The average Bonchev–Trinajstić information content (AvgIpc) is 2.46. The zero-order valence-corrected chi connectivity index (χ0v) is 13.1. The standard InChI is InChI=1S/C17H28N2O/c1-4-11-18-14-7-5-9-16(12-14)20-17-10-6-8-15(13-17)19(2)3/h6,8,10,13-14,16,18H,4-5,7,9,11-12H2,1-3H3. The van der Waals surface area contributed by atoms with Crippen molar-refractivity contribution in [2.75, 3.05) is 25.5 Å². The van der Waals surface area contributed by atoms with Gasteiger partial charge in [0.05, 0.1) is 0 Å². The van der Waals surface area contributed by atoms with E-state index < -0.39 is 0 Å². The van der Waals surface area contributed by atoms with Crippen LogP contribution < -0.4 is 15.0 Å².